The third-order valence-corrected chi connectivity index (χ3v) is 7.08. The molecule has 0 aliphatic carbocycles. The van der Waals surface area contributed by atoms with Gasteiger partial charge in [-0.15, -0.1) is 0 Å². The van der Waals surface area contributed by atoms with Crippen LogP contribution in [0, 0.1) is 11.8 Å². The summed E-state index contributed by atoms with van der Waals surface area (Å²) in [6.45, 7) is 8.25. The number of unbranched alkanes of at least 4 members (excludes halogenated alkanes) is 1. The van der Waals surface area contributed by atoms with Crippen molar-refractivity contribution in [2.45, 2.75) is 103 Å². The monoisotopic (exact) mass is 722 g/mol. The van der Waals surface area contributed by atoms with Crippen LogP contribution >= 0.6 is 11.8 Å². The molecule has 0 fully saturated rings. The van der Waals surface area contributed by atoms with Gasteiger partial charge in [-0.1, -0.05) is 70.9 Å². The highest BCUT2D eigenvalue weighted by Crippen LogP contribution is 2.04. The first-order chi connectivity index (χ1) is 22.7. The van der Waals surface area contributed by atoms with Crippen LogP contribution in [-0.4, -0.2) is 104 Å². The third-order valence-electron chi connectivity index (χ3n) is 6.44. The molecule has 0 radical (unpaired) electrons. The molecule has 1 rings (SSSR count). The molecule has 0 saturated carbocycles. The number of thioether (sulfide) groups is 1. The van der Waals surface area contributed by atoms with E-state index in [1.165, 1.54) is 0 Å². The fourth-order valence-electron chi connectivity index (χ4n) is 3.06. The van der Waals surface area contributed by atoms with Gasteiger partial charge in [0.25, 0.3) is 0 Å². The minimum absolute atomic E-state index is 0.0718. The predicted octanol–water partition coefficient (Wildman–Crippen LogP) is 1.21. The number of hydrogen-bond acceptors (Lipinski definition) is 12. The first-order valence-corrected chi connectivity index (χ1v) is 17.2. The van der Waals surface area contributed by atoms with E-state index < -0.39 is 60.1 Å². The van der Waals surface area contributed by atoms with Crippen molar-refractivity contribution in [1.29, 1.82) is 0 Å². The maximum atomic E-state index is 10.4. The predicted molar refractivity (Wildman–Crippen MR) is 193 cm³/mol. The van der Waals surface area contributed by atoms with Crippen LogP contribution in [-0.2, 0) is 30.4 Å². The van der Waals surface area contributed by atoms with E-state index in [2.05, 4.69) is 0 Å². The molecule has 0 aliphatic heterocycles. The lowest BCUT2D eigenvalue weighted by Gasteiger charge is -2.11. The first-order valence-electron chi connectivity index (χ1n) is 15.8. The van der Waals surface area contributed by atoms with Crippen molar-refractivity contribution in [1.82, 2.24) is 0 Å². The van der Waals surface area contributed by atoms with Gasteiger partial charge in [0.15, 0.2) is 0 Å². The maximum absolute atomic E-state index is 10.4. The Labute approximate surface area is 294 Å². The smallest absolute Gasteiger partial charge is 0.320 e. The van der Waals surface area contributed by atoms with Crippen LogP contribution in [0.25, 0.3) is 0 Å². The Hall–Kier alpha value is -3.32. The lowest BCUT2D eigenvalue weighted by Crippen LogP contribution is -2.36. The molecule has 0 aliphatic rings. The van der Waals surface area contributed by atoms with Crippen LogP contribution in [0.15, 0.2) is 30.3 Å². The summed E-state index contributed by atoms with van der Waals surface area (Å²) < 4.78 is 0. The maximum Gasteiger partial charge on any atom is 0.320 e. The zero-order valence-electron chi connectivity index (χ0n) is 29.4. The molecule has 16 nitrogen and oxygen atoms in total. The second kappa shape index (κ2) is 33.2. The molecule has 6 atom stereocenters. The summed E-state index contributed by atoms with van der Waals surface area (Å²) in [7, 11) is 0. The van der Waals surface area contributed by atoms with Crippen molar-refractivity contribution in [2.24, 2.45) is 46.2 Å². The largest absolute Gasteiger partial charge is 0.480 e. The van der Waals surface area contributed by atoms with Gasteiger partial charge in [-0.2, -0.15) is 11.8 Å². The van der Waals surface area contributed by atoms with Gasteiger partial charge in [-0.3, -0.25) is 24.0 Å². The highest BCUT2D eigenvalue weighted by molar-refractivity contribution is 7.98. The first kappa shape index (κ1) is 52.5. The molecule has 0 spiro atoms. The molecular formula is C32H62N6O10S. The van der Waals surface area contributed by atoms with E-state index in [9.17, 15) is 24.0 Å². The van der Waals surface area contributed by atoms with Crippen LogP contribution in [0.3, 0.4) is 0 Å². The van der Waals surface area contributed by atoms with Gasteiger partial charge < -0.3 is 59.9 Å². The SMILES string of the molecule is CC(C)C[C@H](N)C(=O)O.CC[C@H](C)[C@H](N)C(=O)O.CSCC[C@H](N)C(=O)O.NCCCC[C@H](N)C(=O)O.N[C@@H](Cc1ccccc1)C(=O)O. The molecule has 17 heteroatoms. The van der Waals surface area contributed by atoms with E-state index in [4.69, 9.17) is 59.9 Å². The third kappa shape index (κ3) is 35.8. The topological polar surface area (TPSA) is 343 Å². The number of benzene rings is 1. The molecule has 1 aromatic rings. The fraction of sp³-hybridized carbons (Fsp3) is 0.656. The molecule has 1 aromatic carbocycles. The van der Waals surface area contributed by atoms with Crippen molar-refractivity contribution in [3.8, 4) is 0 Å². The Balaban J connectivity index is -0.000000260. The Bertz CT molecular complexity index is 1020. The summed E-state index contributed by atoms with van der Waals surface area (Å²) in [6.07, 6.45) is 6.39. The van der Waals surface area contributed by atoms with Gasteiger partial charge >= 0.3 is 29.8 Å². The van der Waals surface area contributed by atoms with Gasteiger partial charge in [-0.05, 0) is 68.1 Å². The van der Waals surface area contributed by atoms with Crippen LogP contribution in [0.5, 0.6) is 0 Å². The molecule has 0 amide bonds. The number of aliphatic carboxylic acids is 5. The van der Waals surface area contributed by atoms with E-state index in [1.54, 1.807) is 11.8 Å². The molecule has 0 aromatic heterocycles. The number of hydrogen-bond donors (Lipinski definition) is 11. The number of nitrogens with two attached hydrogens (primary N) is 6. The highest BCUT2D eigenvalue weighted by atomic mass is 32.2. The summed E-state index contributed by atoms with van der Waals surface area (Å²) >= 11 is 1.60. The summed E-state index contributed by atoms with van der Waals surface area (Å²) in [5, 5.41) is 41.8. The standard InChI is InChI=1S/C9H11NO2.C6H14N2O2.2C6H13NO2.C5H11NO2S/c10-8(9(11)12)6-7-4-2-1-3-5-7;7-4-2-1-3-5(8)6(9)10;1-4(2)3-5(7)6(8)9;1-3-4(2)5(7)6(8)9;1-9-3-2-4(6)5(7)8/h1-5,8H,6,10H2,(H,11,12);5H,1-4,7-8H2,(H,9,10);2*4-5H,3,7H2,1-2H3,(H,8,9);4H,2-3,6H2,1H3,(H,7,8)/t8-;2*5-;4-,5-;4-/m00000/s1. The van der Waals surface area contributed by atoms with Gasteiger partial charge in [0, 0.05) is 0 Å². The normalized spacial score (nSPS) is 13.7. The van der Waals surface area contributed by atoms with Crippen LogP contribution in [0.2, 0.25) is 0 Å². The van der Waals surface area contributed by atoms with Gasteiger partial charge in [0.1, 0.15) is 30.2 Å². The molecule has 0 unspecified atom stereocenters. The summed E-state index contributed by atoms with van der Waals surface area (Å²) in [4.78, 5) is 50.9. The molecule has 286 valence electrons. The minimum Gasteiger partial charge on any atom is -0.480 e. The molecular weight excluding hydrogens is 660 g/mol. The highest BCUT2D eigenvalue weighted by Gasteiger charge is 2.17. The van der Waals surface area contributed by atoms with Gasteiger partial charge in [0.2, 0.25) is 0 Å². The average Bonchev–Trinajstić information content (AvgIpc) is 3.04. The Morgan fingerprint density at radius 3 is 1.43 bits per heavy atom. The Morgan fingerprint density at radius 1 is 0.673 bits per heavy atom. The number of carbonyl (C=O) groups is 5. The molecule has 0 bridgehead atoms. The van der Waals surface area contributed by atoms with Gasteiger partial charge in [-0.25, -0.2) is 0 Å². The van der Waals surface area contributed by atoms with E-state index in [-0.39, 0.29) is 5.92 Å². The molecule has 0 saturated heterocycles. The minimum atomic E-state index is -0.959. The van der Waals surface area contributed by atoms with E-state index in [0.717, 1.165) is 30.6 Å². The lowest BCUT2D eigenvalue weighted by molar-refractivity contribution is -0.140. The van der Waals surface area contributed by atoms with Crippen molar-refractivity contribution >= 4 is 41.6 Å². The summed E-state index contributed by atoms with van der Waals surface area (Å²) in [6, 6.07) is 5.76. The number of rotatable bonds is 18. The van der Waals surface area contributed by atoms with E-state index >= 15 is 0 Å². The van der Waals surface area contributed by atoms with Crippen molar-refractivity contribution < 1.29 is 49.5 Å². The zero-order chi connectivity index (χ0) is 39.1. The Kier molecular flexibility index (Phi) is 35.6. The summed E-state index contributed by atoms with van der Waals surface area (Å²) in [5.41, 5.74) is 32.4. The van der Waals surface area contributed by atoms with Crippen LogP contribution in [0.1, 0.15) is 71.8 Å². The average molecular weight is 723 g/mol. The molecule has 0 heterocycles. The van der Waals surface area contributed by atoms with Crippen molar-refractivity contribution in [2.75, 3.05) is 18.6 Å². The van der Waals surface area contributed by atoms with E-state index in [0.29, 0.717) is 38.1 Å². The number of carboxylic acids is 5. The lowest BCUT2D eigenvalue weighted by atomic mass is 10.0. The van der Waals surface area contributed by atoms with Gasteiger partial charge in [0.05, 0.1) is 0 Å². The second-order valence-corrected chi connectivity index (χ2v) is 12.4. The van der Waals surface area contributed by atoms with Crippen molar-refractivity contribution in [3.63, 3.8) is 0 Å². The van der Waals surface area contributed by atoms with Crippen molar-refractivity contribution in [3.05, 3.63) is 35.9 Å². The molecule has 17 N–H and O–H groups in total. The Morgan fingerprint density at radius 2 is 1.12 bits per heavy atom. The fourth-order valence-corrected chi connectivity index (χ4v) is 3.55. The van der Waals surface area contributed by atoms with Crippen LogP contribution < -0.4 is 34.4 Å². The van der Waals surface area contributed by atoms with E-state index in [1.807, 2.05) is 64.3 Å². The molecule has 49 heavy (non-hydrogen) atoms. The number of carboxylic acid groups (broad SMARTS) is 5. The quantitative estimate of drug-likeness (QED) is 0.0948. The second-order valence-electron chi connectivity index (χ2n) is 11.4. The zero-order valence-corrected chi connectivity index (χ0v) is 30.3. The summed E-state index contributed by atoms with van der Waals surface area (Å²) in [5.74, 6) is -3.39. The van der Waals surface area contributed by atoms with Crippen LogP contribution in [0.4, 0.5) is 0 Å².